The highest BCUT2D eigenvalue weighted by molar-refractivity contribution is 6.30. The van der Waals surface area contributed by atoms with Gasteiger partial charge in [-0.25, -0.2) is 0 Å². The molecule has 1 aliphatic heterocycles. The van der Waals surface area contributed by atoms with Crippen molar-refractivity contribution in [2.75, 3.05) is 23.9 Å². The van der Waals surface area contributed by atoms with Crippen LogP contribution in [-0.2, 0) is 9.59 Å². The van der Waals surface area contributed by atoms with Crippen LogP contribution in [0.4, 0.5) is 11.4 Å². The van der Waals surface area contributed by atoms with Gasteiger partial charge in [-0.15, -0.1) is 0 Å². The van der Waals surface area contributed by atoms with E-state index in [0.29, 0.717) is 34.5 Å². The highest BCUT2D eigenvalue weighted by Gasteiger charge is 2.35. The van der Waals surface area contributed by atoms with Gasteiger partial charge in [-0.3, -0.25) is 9.59 Å². The molecule has 2 amide bonds. The molecule has 0 aliphatic carbocycles. The molecule has 3 aromatic carbocycles. The van der Waals surface area contributed by atoms with Crippen molar-refractivity contribution in [3.63, 3.8) is 0 Å². The number of amides is 2. The van der Waals surface area contributed by atoms with E-state index in [1.54, 1.807) is 72.7 Å². The Balaban J connectivity index is 1.35. The maximum Gasteiger partial charge on any atom is 0.229 e. The van der Waals surface area contributed by atoms with Crippen LogP contribution >= 0.6 is 11.6 Å². The summed E-state index contributed by atoms with van der Waals surface area (Å²) in [5.41, 5.74) is 1.40. The van der Waals surface area contributed by atoms with Crippen molar-refractivity contribution in [3.8, 4) is 17.2 Å². The van der Waals surface area contributed by atoms with Gasteiger partial charge < -0.3 is 19.7 Å². The number of methoxy groups -OCH3 is 1. The average Bonchev–Trinajstić information content (AvgIpc) is 3.18. The van der Waals surface area contributed by atoms with E-state index in [0.717, 1.165) is 5.69 Å². The molecule has 158 valence electrons. The Hall–Kier alpha value is -3.51. The predicted octanol–water partition coefficient (Wildman–Crippen LogP) is 5.13. The number of hydrogen-bond acceptors (Lipinski definition) is 4. The number of carbonyl (C=O) groups is 2. The summed E-state index contributed by atoms with van der Waals surface area (Å²) in [7, 11) is 1.59. The van der Waals surface area contributed by atoms with E-state index in [2.05, 4.69) is 5.32 Å². The smallest absolute Gasteiger partial charge is 0.229 e. The van der Waals surface area contributed by atoms with Gasteiger partial charge >= 0.3 is 0 Å². The standard InChI is InChI=1S/C24H21ClN2O4/c1-30-20-12-6-19(7-13-20)27-15-16(14-23(27)28)24(29)26-18-4-10-22(11-5-18)31-21-8-2-17(25)3-9-21/h2-13,16H,14-15H2,1H3,(H,26,29)/t16-/m1/s1. The Morgan fingerprint density at radius 1 is 0.935 bits per heavy atom. The van der Waals surface area contributed by atoms with E-state index in [9.17, 15) is 9.59 Å². The first-order chi connectivity index (χ1) is 15.0. The van der Waals surface area contributed by atoms with E-state index in [4.69, 9.17) is 21.1 Å². The summed E-state index contributed by atoms with van der Waals surface area (Å²) in [4.78, 5) is 26.7. The first kappa shape index (κ1) is 20.8. The van der Waals surface area contributed by atoms with Gasteiger partial charge in [-0.1, -0.05) is 11.6 Å². The van der Waals surface area contributed by atoms with E-state index in [-0.39, 0.29) is 18.2 Å². The predicted molar refractivity (Wildman–Crippen MR) is 120 cm³/mol. The topological polar surface area (TPSA) is 67.9 Å². The number of carbonyl (C=O) groups excluding carboxylic acids is 2. The molecule has 0 saturated carbocycles. The minimum atomic E-state index is -0.417. The summed E-state index contributed by atoms with van der Waals surface area (Å²) in [6.07, 6.45) is 0.176. The summed E-state index contributed by atoms with van der Waals surface area (Å²) in [6.45, 7) is 0.342. The van der Waals surface area contributed by atoms with Gasteiger partial charge in [0.15, 0.2) is 0 Å². The number of nitrogens with zero attached hydrogens (tertiary/aromatic N) is 1. The third-order valence-electron chi connectivity index (χ3n) is 5.05. The number of hydrogen-bond donors (Lipinski definition) is 1. The maximum atomic E-state index is 12.7. The summed E-state index contributed by atoms with van der Waals surface area (Å²) < 4.78 is 10.9. The van der Waals surface area contributed by atoms with E-state index in [1.807, 2.05) is 12.1 Å². The molecule has 0 unspecified atom stereocenters. The number of benzene rings is 3. The molecule has 0 bridgehead atoms. The molecule has 1 N–H and O–H groups in total. The molecule has 7 heteroatoms. The molecule has 1 heterocycles. The third-order valence-corrected chi connectivity index (χ3v) is 5.30. The van der Waals surface area contributed by atoms with E-state index >= 15 is 0 Å². The zero-order valence-corrected chi connectivity index (χ0v) is 17.6. The second kappa shape index (κ2) is 9.10. The van der Waals surface area contributed by atoms with Crippen molar-refractivity contribution in [2.24, 2.45) is 5.92 Å². The first-order valence-corrected chi connectivity index (χ1v) is 10.2. The van der Waals surface area contributed by atoms with Crippen LogP contribution in [0.25, 0.3) is 0 Å². The number of halogens is 1. The van der Waals surface area contributed by atoms with Gasteiger partial charge in [0, 0.05) is 29.4 Å². The molecule has 1 aliphatic rings. The Labute approximate surface area is 185 Å². The second-order valence-corrected chi connectivity index (χ2v) is 7.61. The Kier molecular flexibility index (Phi) is 6.09. The number of nitrogens with one attached hydrogen (secondary N) is 1. The lowest BCUT2D eigenvalue weighted by molar-refractivity contribution is -0.122. The van der Waals surface area contributed by atoms with Crippen molar-refractivity contribution < 1.29 is 19.1 Å². The highest BCUT2D eigenvalue weighted by Crippen LogP contribution is 2.28. The lowest BCUT2D eigenvalue weighted by atomic mass is 10.1. The zero-order valence-electron chi connectivity index (χ0n) is 16.9. The van der Waals surface area contributed by atoms with Crippen LogP contribution in [0.3, 0.4) is 0 Å². The van der Waals surface area contributed by atoms with Gasteiger partial charge in [0.05, 0.1) is 13.0 Å². The second-order valence-electron chi connectivity index (χ2n) is 7.17. The summed E-state index contributed by atoms with van der Waals surface area (Å²) >= 11 is 5.88. The van der Waals surface area contributed by atoms with Crippen LogP contribution in [0, 0.1) is 5.92 Å². The number of anilines is 2. The minimum Gasteiger partial charge on any atom is -0.497 e. The Morgan fingerprint density at radius 2 is 1.52 bits per heavy atom. The van der Waals surface area contributed by atoms with Crippen LogP contribution in [0.2, 0.25) is 5.02 Å². The largest absolute Gasteiger partial charge is 0.497 e. The fraction of sp³-hybridized carbons (Fsp3) is 0.167. The van der Waals surface area contributed by atoms with Crippen molar-refractivity contribution in [2.45, 2.75) is 6.42 Å². The SMILES string of the molecule is COc1ccc(N2C[C@H](C(=O)Nc3ccc(Oc4ccc(Cl)cc4)cc3)CC2=O)cc1. The van der Waals surface area contributed by atoms with Gasteiger partial charge in [0.1, 0.15) is 17.2 Å². The van der Waals surface area contributed by atoms with Crippen LogP contribution in [0.1, 0.15) is 6.42 Å². The fourth-order valence-electron chi connectivity index (χ4n) is 3.38. The minimum absolute atomic E-state index is 0.0722. The van der Waals surface area contributed by atoms with Crippen LogP contribution in [0.15, 0.2) is 72.8 Å². The molecule has 0 aromatic heterocycles. The lowest BCUT2D eigenvalue weighted by Gasteiger charge is -2.17. The summed E-state index contributed by atoms with van der Waals surface area (Å²) in [5, 5.41) is 3.52. The van der Waals surface area contributed by atoms with Gasteiger partial charge in [-0.2, -0.15) is 0 Å². The van der Waals surface area contributed by atoms with Crippen molar-refractivity contribution in [1.29, 1.82) is 0 Å². The van der Waals surface area contributed by atoms with Gasteiger partial charge in [0.2, 0.25) is 11.8 Å². The molecule has 0 spiro atoms. The quantitative estimate of drug-likeness (QED) is 0.581. The van der Waals surface area contributed by atoms with E-state index in [1.165, 1.54) is 0 Å². The Morgan fingerprint density at radius 3 is 2.13 bits per heavy atom. The van der Waals surface area contributed by atoms with Gasteiger partial charge in [0.25, 0.3) is 0 Å². The zero-order chi connectivity index (χ0) is 21.8. The van der Waals surface area contributed by atoms with Crippen molar-refractivity contribution >= 4 is 34.8 Å². The number of rotatable bonds is 6. The third kappa shape index (κ3) is 4.98. The Bertz CT molecular complexity index is 1070. The molecule has 6 nitrogen and oxygen atoms in total. The summed E-state index contributed by atoms with van der Waals surface area (Å²) in [5.74, 6) is 1.35. The van der Waals surface area contributed by atoms with Crippen LogP contribution < -0.4 is 19.7 Å². The summed E-state index contributed by atoms with van der Waals surface area (Å²) in [6, 6.07) is 21.4. The molecule has 3 aromatic rings. The van der Waals surface area contributed by atoms with Crippen LogP contribution in [0.5, 0.6) is 17.2 Å². The maximum absolute atomic E-state index is 12.7. The van der Waals surface area contributed by atoms with Crippen molar-refractivity contribution in [3.05, 3.63) is 77.8 Å². The fourth-order valence-corrected chi connectivity index (χ4v) is 3.51. The monoisotopic (exact) mass is 436 g/mol. The number of ether oxygens (including phenoxy) is 2. The lowest BCUT2D eigenvalue weighted by Crippen LogP contribution is -2.28. The first-order valence-electron chi connectivity index (χ1n) is 9.80. The molecule has 1 atom stereocenters. The van der Waals surface area contributed by atoms with Gasteiger partial charge in [-0.05, 0) is 72.8 Å². The van der Waals surface area contributed by atoms with Crippen molar-refractivity contribution in [1.82, 2.24) is 0 Å². The molecular formula is C24H21ClN2O4. The van der Waals surface area contributed by atoms with E-state index < -0.39 is 5.92 Å². The normalized spacial score (nSPS) is 15.6. The molecule has 1 fully saturated rings. The average molecular weight is 437 g/mol. The highest BCUT2D eigenvalue weighted by atomic mass is 35.5. The molecular weight excluding hydrogens is 416 g/mol. The molecule has 31 heavy (non-hydrogen) atoms. The molecule has 1 saturated heterocycles. The molecule has 0 radical (unpaired) electrons. The molecule has 4 rings (SSSR count). The van der Waals surface area contributed by atoms with Crippen LogP contribution in [-0.4, -0.2) is 25.5 Å².